The monoisotopic (exact) mass is 687 g/mol. The molecule has 1 aromatic heterocycles. The summed E-state index contributed by atoms with van der Waals surface area (Å²) >= 11 is 0. The van der Waals surface area contributed by atoms with Crippen LogP contribution in [0.4, 0.5) is 42.6 Å². The summed E-state index contributed by atoms with van der Waals surface area (Å²) in [5, 5.41) is 17.3. The molecule has 48 heavy (non-hydrogen) atoms. The summed E-state index contributed by atoms with van der Waals surface area (Å²) in [7, 11) is 1.31. The molecule has 2 aromatic carbocycles. The van der Waals surface area contributed by atoms with Gasteiger partial charge in [-0.05, 0) is 29.2 Å². The normalized spacial score (nSPS) is 14.5. The number of benzene rings is 2. The number of urea groups is 1. The zero-order valence-corrected chi connectivity index (χ0v) is 25.6. The van der Waals surface area contributed by atoms with E-state index in [4.69, 9.17) is 19.8 Å². The number of nitrogens with zero attached hydrogens (tertiary/aromatic N) is 4. The molecule has 1 aliphatic rings. The van der Waals surface area contributed by atoms with Gasteiger partial charge in [-0.15, -0.1) is 0 Å². The van der Waals surface area contributed by atoms with Crippen molar-refractivity contribution in [2.75, 3.05) is 37.0 Å². The Bertz CT molecular complexity index is 1500. The molecule has 2 amide bonds. The molecule has 1 saturated heterocycles. The van der Waals surface area contributed by atoms with Gasteiger partial charge in [-0.1, -0.05) is 56.3 Å². The van der Waals surface area contributed by atoms with Crippen LogP contribution in [0, 0.1) is 5.92 Å². The third kappa shape index (κ3) is 11.7. The van der Waals surface area contributed by atoms with Gasteiger partial charge in [-0.2, -0.15) is 26.3 Å². The predicted molar refractivity (Wildman–Crippen MR) is 159 cm³/mol. The third-order valence-corrected chi connectivity index (χ3v) is 6.53. The number of aromatic nitrogens is 2. The fourth-order valence-electron chi connectivity index (χ4n) is 4.11. The topological polar surface area (TPSA) is 162 Å². The number of carboxylic acid groups (broad SMARTS) is 2. The summed E-state index contributed by atoms with van der Waals surface area (Å²) in [5.41, 5.74) is 3.17. The predicted octanol–water partition coefficient (Wildman–Crippen LogP) is 5.58. The van der Waals surface area contributed by atoms with Crippen LogP contribution in [0.3, 0.4) is 0 Å². The molecule has 18 heteroatoms. The van der Waals surface area contributed by atoms with Gasteiger partial charge in [-0.25, -0.2) is 29.1 Å². The van der Waals surface area contributed by atoms with Crippen molar-refractivity contribution >= 4 is 35.4 Å². The molecule has 0 radical (unpaired) electrons. The second kappa shape index (κ2) is 16.9. The smallest absolute Gasteiger partial charge is 0.475 e. The number of ether oxygens (including phenoxy) is 1. The lowest BCUT2D eigenvalue weighted by molar-refractivity contribution is -0.193. The van der Waals surface area contributed by atoms with E-state index in [0.717, 1.165) is 16.8 Å². The highest BCUT2D eigenvalue weighted by Gasteiger charge is 2.39. The van der Waals surface area contributed by atoms with E-state index in [0.29, 0.717) is 25.5 Å². The van der Waals surface area contributed by atoms with Gasteiger partial charge in [0, 0.05) is 25.3 Å². The van der Waals surface area contributed by atoms with Crippen molar-refractivity contribution in [1.29, 1.82) is 0 Å². The zero-order valence-electron chi connectivity index (χ0n) is 25.6. The number of hydrogen-bond donors (Lipinski definition) is 3. The van der Waals surface area contributed by atoms with Crippen molar-refractivity contribution in [1.82, 2.24) is 14.9 Å². The van der Waals surface area contributed by atoms with Crippen LogP contribution in [0.1, 0.15) is 24.3 Å². The summed E-state index contributed by atoms with van der Waals surface area (Å²) in [6, 6.07) is 17.9. The van der Waals surface area contributed by atoms with Gasteiger partial charge in [-0.3, -0.25) is 0 Å². The number of piperazine rings is 1. The largest absolute Gasteiger partial charge is 0.490 e. The molecule has 1 atom stereocenters. The van der Waals surface area contributed by atoms with Crippen LogP contribution >= 0.6 is 0 Å². The van der Waals surface area contributed by atoms with E-state index in [9.17, 15) is 35.9 Å². The number of nitrogens with one attached hydrogen (secondary N) is 1. The van der Waals surface area contributed by atoms with Crippen molar-refractivity contribution in [3.63, 3.8) is 0 Å². The molecule has 1 unspecified atom stereocenters. The van der Waals surface area contributed by atoms with Crippen molar-refractivity contribution < 1.29 is 60.5 Å². The first-order valence-corrected chi connectivity index (χ1v) is 13.8. The molecule has 2 heterocycles. The Hall–Kier alpha value is -5.42. The number of carbonyl (C=O) groups is 4. The molecule has 3 aromatic rings. The van der Waals surface area contributed by atoms with E-state index in [-0.39, 0.29) is 23.7 Å². The van der Waals surface area contributed by atoms with Gasteiger partial charge in [0.1, 0.15) is 5.82 Å². The molecule has 0 aliphatic carbocycles. The Morgan fingerprint density at radius 2 is 1.35 bits per heavy atom. The number of carboxylic acids is 2. The molecule has 12 nitrogen and oxygen atoms in total. The number of esters is 1. The molecular formula is C30H31F6N5O7. The van der Waals surface area contributed by atoms with Crippen molar-refractivity contribution in [2.24, 2.45) is 5.92 Å². The first-order chi connectivity index (χ1) is 22.3. The average Bonchev–Trinajstić information content (AvgIpc) is 3.04. The first-order valence-electron chi connectivity index (χ1n) is 13.8. The Kier molecular flexibility index (Phi) is 13.7. The SMILES string of the molecule is COC(=O)c1cnc(N2CCN(C(=O)Nc3ccc(-c4ccccc4)cc3)C(C(C)C)C2)cn1.O=C(O)C(F)(F)F.O=C(O)C(F)(F)F. The number of rotatable bonds is 5. The van der Waals surface area contributed by atoms with Gasteiger partial charge in [0.05, 0.1) is 25.5 Å². The lowest BCUT2D eigenvalue weighted by Crippen LogP contribution is -2.58. The quantitative estimate of drug-likeness (QED) is 0.228. The highest BCUT2D eigenvalue weighted by Crippen LogP contribution is 2.24. The molecule has 4 rings (SSSR count). The van der Waals surface area contributed by atoms with Gasteiger partial charge in [0.15, 0.2) is 5.69 Å². The van der Waals surface area contributed by atoms with Crippen LogP contribution in [0.15, 0.2) is 67.0 Å². The molecule has 260 valence electrons. The molecular weight excluding hydrogens is 656 g/mol. The summed E-state index contributed by atoms with van der Waals surface area (Å²) in [6.45, 7) is 6.02. The Morgan fingerprint density at radius 1 is 0.833 bits per heavy atom. The maximum atomic E-state index is 13.2. The number of aliphatic carboxylic acids is 2. The van der Waals surface area contributed by atoms with E-state index in [2.05, 4.69) is 50.9 Å². The average molecular weight is 688 g/mol. The van der Waals surface area contributed by atoms with E-state index < -0.39 is 30.3 Å². The third-order valence-electron chi connectivity index (χ3n) is 6.53. The highest BCUT2D eigenvalue weighted by atomic mass is 19.4. The molecule has 0 spiro atoms. The van der Waals surface area contributed by atoms with E-state index in [1.807, 2.05) is 47.4 Å². The summed E-state index contributed by atoms with van der Waals surface area (Å²) in [5.74, 6) is -5.11. The Labute approximate surface area is 270 Å². The zero-order chi connectivity index (χ0) is 36.2. The van der Waals surface area contributed by atoms with Crippen molar-refractivity contribution in [3.05, 3.63) is 72.7 Å². The van der Waals surface area contributed by atoms with E-state index >= 15 is 0 Å². The summed E-state index contributed by atoms with van der Waals surface area (Å²) in [6.07, 6.45) is -7.17. The molecule has 0 bridgehead atoms. The maximum Gasteiger partial charge on any atom is 0.490 e. The summed E-state index contributed by atoms with van der Waals surface area (Å²) < 4.78 is 68.2. The van der Waals surface area contributed by atoms with Crippen LogP contribution in [0.25, 0.3) is 11.1 Å². The lowest BCUT2D eigenvalue weighted by atomic mass is 10.00. The van der Waals surface area contributed by atoms with Crippen LogP contribution in [0.5, 0.6) is 0 Å². The molecule has 1 fully saturated rings. The molecule has 3 N–H and O–H groups in total. The van der Waals surface area contributed by atoms with Crippen LogP contribution < -0.4 is 10.2 Å². The van der Waals surface area contributed by atoms with Crippen LogP contribution in [-0.2, 0) is 14.3 Å². The molecule has 0 saturated carbocycles. The van der Waals surface area contributed by atoms with Gasteiger partial charge < -0.3 is 30.1 Å². The lowest BCUT2D eigenvalue weighted by Gasteiger charge is -2.43. The van der Waals surface area contributed by atoms with Gasteiger partial charge in [0.25, 0.3) is 0 Å². The fraction of sp³-hybridized carbons (Fsp3) is 0.333. The minimum atomic E-state index is -5.08. The minimum absolute atomic E-state index is 0.000532. The Morgan fingerprint density at radius 3 is 1.79 bits per heavy atom. The number of alkyl halides is 6. The second-order valence-corrected chi connectivity index (χ2v) is 10.2. The fourth-order valence-corrected chi connectivity index (χ4v) is 4.11. The van der Waals surface area contributed by atoms with Crippen LogP contribution in [-0.4, -0.2) is 94.2 Å². The number of anilines is 2. The number of carbonyl (C=O) groups excluding carboxylic acids is 2. The second-order valence-electron chi connectivity index (χ2n) is 10.2. The first kappa shape index (κ1) is 38.8. The Balaban J connectivity index is 0.000000479. The standard InChI is InChI=1S/C26H29N5O3.2C2HF3O2/c1-18(2)23-17-30(24-16-27-22(15-28-24)25(32)34-3)13-14-31(23)26(33)29-21-11-9-20(10-12-21)19-7-5-4-6-8-19;2*3-2(4,5)1(6)7/h4-12,15-16,18,23H,13-14,17H2,1-3H3,(H,29,33);2*(H,6,7). The number of halogens is 6. The maximum absolute atomic E-state index is 13.2. The van der Waals surface area contributed by atoms with E-state index in [1.54, 1.807) is 6.20 Å². The molecule has 1 aliphatic heterocycles. The van der Waals surface area contributed by atoms with Crippen molar-refractivity contribution in [3.8, 4) is 11.1 Å². The van der Waals surface area contributed by atoms with Gasteiger partial charge >= 0.3 is 36.3 Å². The van der Waals surface area contributed by atoms with Gasteiger partial charge in [0.2, 0.25) is 0 Å². The highest BCUT2D eigenvalue weighted by molar-refractivity contribution is 5.90. The van der Waals surface area contributed by atoms with E-state index in [1.165, 1.54) is 13.3 Å². The minimum Gasteiger partial charge on any atom is -0.475 e. The summed E-state index contributed by atoms with van der Waals surface area (Å²) in [4.78, 5) is 55.1. The van der Waals surface area contributed by atoms with Crippen molar-refractivity contribution in [2.45, 2.75) is 32.2 Å². The number of amides is 2. The number of methoxy groups -OCH3 is 1. The number of hydrogen-bond acceptors (Lipinski definition) is 8. The van der Waals surface area contributed by atoms with Crippen LogP contribution in [0.2, 0.25) is 0 Å².